The van der Waals surface area contributed by atoms with E-state index in [4.69, 9.17) is 4.74 Å². The maximum absolute atomic E-state index is 12.4. The Balaban J connectivity index is 2.12. The van der Waals surface area contributed by atoms with E-state index in [9.17, 15) is 4.79 Å². The van der Waals surface area contributed by atoms with Crippen LogP contribution in [0.1, 0.15) is 41.8 Å². The van der Waals surface area contributed by atoms with Gasteiger partial charge in [-0.3, -0.25) is 4.79 Å². The van der Waals surface area contributed by atoms with Gasteiger partial charge >= 0.3 is 0 Å². The van der Waals surface area contributed by atoms with Gasteiger partial charge in [-0.05, 0) is 68.7 Å². The Kier molecular flexibility index (Phi) is 5.21. The summed E-state index contributed by atoms with van der Waals surface area (Å²) in [6, 6.07) is 13.2. The number of hydrogen-bond donors (Lipinski definition) is 1. The molecule has 0 aliphatic rings. The third-order valence-corrected chi connectivity index (χ3v) is 3.77. The highest BCUT2D eigenvalue weighted by atomic mass is 16.5. The van der Waals surface area contributed by atoms with Crippen LogP contribution < -0.4 is 10.1 Å². The second-order valence-corrected chi connectivity index (χ2v) is 5.62. The van der Waals surface area contributed by atoms with Crippen molar-refractivity contribution in [1.82, 2.24) is 0 Å². The molecule has 0 saturated heterocycles. The van der Waals surface area contributed by atoms with Crippen LogP contribution in [0.25, 0.3) is 0 Å². The largest absolute Gasteiger partial charge is 0.491 e. The molecule has 0 radical (unpaired) electrons. The van der Waals surface area contributed by atoms with Gasteiger partial charge in [0, 0.05) is 11.3 Å². The number of rotatable bonds is 5. The lowest BCUT2D eigenvalue weighted by Gasteiger charge is -2.13. The number of anilines is 1. The number of ether oxygens (including phenoxy) is 1. The minimum atomic E-state index is -0.127. The number of nitrogens with one attached hydrogen (secondary N) is 1. The molecule has 0 saturated carbocycles. The third-order valence-electron chi connectivity index (χ3n) is 3.77. The fourth-order valence-electron chi connectivity index (χ4n) is 2.05. The van der Waals surface area contributed by atoms with Crippen LogP contribution in [0.4, 0.5) is 5.69 Å². The highest BCUT2D eigenvalue weighted by Gasteiger charge is 2.09. The lowest BCUT2D eigenvalue weighted by molar-refractivity contribution is 0.102. The normalized spacial score (nSPS) is 11.8. The molecule has 1 amide bonds. The topological polar surface area (TPSA) is 38.3 Å². The van der Waals surface area contributed by atoms with Gasteiger partial charge in [-0.2, -0.15) is 0 Å². The molecule has 1 unspecified atom stereocenters. The van der Waals surface area contributed by atoms with Gasteiger partial charge in [0.1, 0.15) is 5.75 Å². The first kappa shape index (κ1) is 16.1. The molecule has 2 rings (SSSR count). The summed E-state index contributed by atoms with van der Waals surface area (Å²) in [5.74, 6) is 0.597. The van der Waals surface area contributed by atoms with Crippen molar-refractivity contribution in [3.8, 4) is 5.75 Å². The predicted molar refractivity (Wildman–Crippen MR) is 90.7 cm³/mol. The van der Waals surface area contributed by atoms with Crippen LogP contribution in [-0.4, -0.2) is 12.0 Å². The quantitative estimate of drug-likeness (QED) is 0.866. The van der Waals surface area contributed by atoms with Crippen molar-refractivity contribution in [3.63, 3.8) is 0 Å². The molecule has 0 aromatic heterocycles. The summed E-state index contributed by atoms with van der Waals surface area (Å²) < 4.78 is 5.76. The third kappa shape index (κ3) is 4.10. The Morgan fingerprint density at radius 2 is 1.91 bits per heavy atom. The van der Waals surface area contributed by atoms with Crippen LogP contribution in [0.15, 0.2) is 42.5 Å². The molecule has 1 atom stereocenters. The van der Waals surface area contributed by atoms with Crippen molar-refractivity contribution in [3.05, 3.63) is 59.2 Å². The van der Waals surface area contributed by atoms with Gasteiger partial charge in [-0.25, -0.2) is 0 Å². The fourth-order valence-corrected chi connectivity index (χ4v) is 2.05. The molecule has 1 N–H and O–H groups in total. The van der Waals surface area contributed by atoms with Gasteiger partial charge in [-0.15, -0.1) is 0 Å². The summed E-state index contributed by atoms with van der Waals surface area (Å²) in [7, 11) is 0. The van der Waals surface area contributed by atoms with Crippen molar-refractivity contribution in [2.45, 2.75) is 40.2 Å². The Bertz CT molecular complexity index is 664. The summed E-state index contributed by atoms with van der Waals surface area (Å²) in [6.07, 6.45) is 1.07. The van der Waals surface area contributed by atoms with E-state index in [-0.39, 0.29) is 12.0 Å². The first-order valence-corrected chi connectivity index (χ1v) is 7.65. The first-order chi connectivity index (χ1) is 10.5. The molecule has 3 heteroatoms. The van der Waals surface area contributed by atoms with Crippen LogP contribution in [0.5, 0.6) is 5.75 Å². The zero-order valence-electron chi connectivity index (χ0n) is 13.6. The van der Waals surface area contributed by atoms with Crippen molar-refractivity contribution in [2.75, 3.05) is 5.32 Å². The Morgan fingerprint density at radius 3 is 2.59 bits per heavy atom. The second-order valence-electron chi connectivity index (χ2n) is 5.62. The van der Waals surface area contributed by atoms with Gasteiger partial charge in [-0.1, -0.05) is 19.1 Å². The Labute approximate surface area is 132 Å². The van der Waals surface area contributed by atoms with E-state index < -0.39 is 0 Å². The number of benzene rings is 2. The zero-order valence-corrected chi connectivity index (χ0v) is 13.6. The van der Waals surface area contributed by atoms with E-state index in [2.05, 4.69) is 19.2 Å². The van der Waals surface area contributed by atoms with Crippen LogP contribution in [0.2, 0.25) is 0 Å². The molecule has 0 aliphatic carbocycles. The summed E-state index contributed by atoms with van der Waals surface area (Å²) >= 11 is 0. The van der Waals surface area contributed by atoms with Crippen molar-refractivity contribution in [1.29, 1.82) is 0 Å². The molecular weight excluding hydrogens is 274 g/mol. The molecule has 0 heterocycles. The molecule has 116 valence electrons. The summed E-state index contributed by atoms with van der Waals surface area (Å²) in [5.41, 5.74) is 3.77. The molecule has 0 bridgehead atoms. The Morgan fingerprint density at radius 1 is 1.14 bits per heavy atom. The maximum atomic E-state index is 12.4. The van der Waals surface area contributed by atoms with Gasteiger partial charge < -0.3 is 10.1 Å². The van der Waals surface area contributed by atoms with Crippen molar-refractivity contribution in [2.24, 2.45) is 0 Å². The van der Waals surface area contributed by atoms with Crippen LogP contribution in [0.3, 0.4) is 0 Å². The monoisotopic (exact) mass is 297 g/mol. The summed E-state index contributed by atoms with van der Waals surface area (Å²) in [6.45, 7) is 8.17. The van der Waals surface area contributed by atoms with E-state index in [1.54, 1.807) is 12.1 Å². The van der Waals surface area contributed by atoms with E-state index >= 15 is 0 Å². The Hall–Kier alpha value is -2.29. The molecule has 22 heavy (non-hydrogen) atoms. The van der Waals surface area contributed by atoms with Crippen molar-refractivity contribution >= 4 is 11.6 Å². The van der Waals surface area contributed by atoms with Gasteiger partial charge in [0.15, 0.2) is 0 Å². The standard InChI is InChI=1S/C19H23NO2/c1-5-15(4)22-18-8-6-7-16(12-18)19(21)20-17-10-9-13(2)14(3)11-17/h6-12,15H,5H2,1-4H3,(H,20,21). The molecule has 2 aromatic rings. The number of hydrogen-bond acceptors (Lipinski definition) is 2. The lowest BCUT2D eigenvalue weighted by atomic mass is 10.1. The van der Waals surface area contributed by atoms with Crippen molar-refractivity contribution < 1.29 is 9.53 Å². The van der Waals surface area contributed by atoms with E-state index in [0.717, 1.165) is 23.4 Å². The minimum absolute atomic E-state index is 0.127. The molecule has 0 fully saturated rings. The van der Waals surface area contributed by atoms with Gasteiger partial charge in [0.25, 0.3) is 5.91 Å². The van der Waals surface area contributed by atoms with E-state index in [1.165, 1.54) is 5.56 Å². The molecule has 3 nitrogen and oxygen atoms in total. The average molecular weight is 297 g/mol. The fraction of sp³-hybridized carbons (Fsp3) is 0.316. The maximum Gasteiger partial charge on any atom is 0.255 e. The minimum Gasteiger partial charge on any atom is -0.491 e. The average Bonchev–Trinajstić information content (AvgIpc) is 2.51. The molecular formula is C19H23NO2. The highest BCUT2D eigenvalue weighted by molar-refractivity contribution is 6.04. The highest BCUT2D eigenvalue weighted by Crippen LogP contribution is 2.18. The molecule has 2 aromatic carbocycles. The SMILES string of the molecule is CCC(C)Oc1cccc(C(=O)Nc2ccc(C)c(C)c2)c1. The smallest absolute Gasteiger partial charge is 0.255 e. The molecule has 0 aliphatic heterocycles. The van der Waals surface area contributed by atoms with Crippen LogP contribution in [0, 0.1) is 13.8 Å². The van der Waals surface area contributed by atoms with Crippen LogP contribution >= 0.6 is 0 Å². The zero-order chi connectivity index (χ0) is 16.1. The van der Waals surface area contributed by atoms with Gasteiger partial charge in [0.2, 0.25) is 0 Å². The number of aryl methyl sites for hydroxylation is 2. The second kappa shape index (κ2) is 7.12. The van der Waals surface area contributed by atoms with Crippen LogP contribution in [-0.2, 0) is 0 Å². The van der Waals surface area contributed by atoms with Gasteiger partial charge in [0.05, 0.1) is 6.10 Å². The lowest BCUT2D eigenvalue weighted by Crippen LogP contribution is -2.13. The van der Waals surface area contributed by atoms with E-state index in [0.29, 0.717) is 5.56 Å². The number of amides is 1. The van der Waals surface area contributed by atoms with E-state index in [1.807, 2.05) is 44.2 Å². The predicted octanol–water partition coefficient (Wildman–Crippen LogP) is 4.73. The number of carbonyl (C=O) groups excluding carboxylic acids is 1. The molecule has 0 spiro atoms. The number of carbonyl (C=O) groups is 1. The summed E-state index contributed by atoms with van der Waals surface area (Å²) in [4.78, 5) is 12.4. The first-order valence-electron chi connectivity index (χ1n) is 7.65. The summed E-state index contributed by atoms with van der Waals surface area (Å²) in [5, 5.41) is 2.93.